The number of hydrogen-bond acceptors (Lipinski definition) is 9. The van der Waals surface area contributed by atoms with Crippen LogP contribution in [0.5, 0.6) is 5.75 Å². The van der Waals surface area contributed by atoms with Crippen molar-refractivity contribution < 1.29 is 43.1 Å². The standard InChI is InChI=1S/C33H36N2O9/c1-32(2)43-27-26(21-40-19-23-10-6-4-7-11-23)42-33(28(27)44-32)29(36)34(18-22-14-16-25(39-3)17-15-22)30(37)35(33)31(38)41-20-24-12-8-5-9-13-24/h4-17,26-29,36H,18-21H2,1-3H3/t26-,27+,28-,29?,33+/m1/s1. The first-order valence-corrected chi connectivity index (χ1v) is 14.5. The van der Waals surface area contributed by atoms with Gasteiger partial charge in [0.05, 0.1) is 26.9 Å². The Kier molecular flexibility index (Phi) is 8.32. The number of ether oxygens (including phenoxy) is 6. The van der Waals surface area contributed by atoms with Crippen molar-refractivity contribution in [2.75, 3.05) is 13.7 Å². The Labute approximate surface area is 255 Å². The Morgan fingerprint density at radius 1 is 0.864 bits per heavy atom. The van der Waals surface area contributed by atoms with Crippen molar-refractivity contribution in [3.8, 4) is 5.75 Å². The molecule has 6 rings (SSSR count). The lowest BCUT2D eigenvalue weighted by Crippen LogP contribution is -2.62. The smallest absolute Gasteiger partial charge is 0.421 e. The molecular formula is C33H36N2O9. The molecule has 3 fully saturated rings. The van der Waals surface area contributed by atoms with Crippen molar-refractivity contribution in [1.29, 1.82) is 0 Å². The van der Waals surface area contributed by atoms with Gasteiger partial charge in [0.1, 0.15) is 30.7 Å². The van der Waals surface area contributed by atoms with Crippen molar-refractivity contribution in [2.45, 2.75) is 69.7 Å². The van der Waals surface area contributed by atoms with Crippen LogP contribution in [-0.2, 0) is 43.4 Å². The van der Waals surface area contributed by atoms with Crippen molar-refractivity contribution in [1.82, 2.24) is 9.80 Å². The lowest BCUT2D eigenvalue weighted by molar-refractivity contribution is -0.262. The largest absolute Gasteiger partial charge is 0.497 e. The fourth-order valence-electron chi connectivity index (χ4n) is 5.95. The Bertz CT molecular complexity index is 1450. The minimum Gasteiger partial charge on any atom is -0.497 e. The van der Waals surface area contributed by atoms with E-state index in [0.29, 0.717) is 17.9 Å². The summed E-state index contributed by atoms with van der Waals surface area (Å²) in [7, 11) is 1.56. The lowest BCUT2D eigenvalue weighted by atomic mass is 10.0. The molecule has 3 aliphatic rings. The van der Waals surface area contributed by atoms with Gasteiger partial charge < -0.3 is 33.5 Å². The zero-order valence-corrected chi connectivity index (χ0v) is 24.8. The number of methoxy groups -OCH3 is 1. The van der Waals surface area contributed by atoms with E-state index >= 15 is 0 Å². The third-order valence-electron chi connectivity index (χ3n) is 7.99. The molecule has 3 heterocycles. The molecule has 0 aromatic heterocycles. The highest BCUT2D eigenvalue weighted by atomic mass is 16.8. The maximum atomic E-state index is 14.1. The molecule has 1 unspecified atom stereocenters. The van der Waals surface area contributed by atoms with Gasteiger partial charge in [0.25, 0.3) is 0 Å². The molecule has 44 heavy (non-hydrogen) atoms. The van der Waals surface area contributed by atoms with E-state index in [1.54, 1.807) is 57.4 Å². The summed E-state index contributed by atoms with van der Waals surface area (Å²) < 4.78 is 35.9. The van der Waals surface area contributed by atoms with Crippen LogP contribution < -0.4 is 4.74 Å². The molecule has 11 heteroatoms. The third-order valence-corrected chi connectivity index (χ3v) is 7.99. The van der Waals surface area contributed by atoms with Gasteiger partial charge in [-0.2, -0.15) is 4.90 Å². The molecule has 3 aliphatic heterocycles. The summed E-state index contributed by atoms with van der Waals surface area (Å²) in [4.78, 5) is 29.9. The molecule has 3 amide bonds. The van der Waals surface area contributed by atoms with Gasteiger partial charge in [0, 0.05) is 0 Å². The van der Waals surface area contributed by atoms with E-state index in [1.165, 1.54) is 4.90 Å². The topological polar surface area (TPSA) is 116 Å². The quantitative estimate of drug-likeness (QED) is 0.379. The van der Waals surface area contributed by atoms with Gasteiger partial charge >= 0.3 is 12.1 Å². The summed E-state index contributed by atoms with van der Waals surface area (Å²) >= 11 is 0. The first kappa shape index (κ1) is 30.0. The van der Waals surface area contributed by atoms with E-state index in [0.717, 1.165) is 16.0 Å². The molecular weight excluding hydrogens is 568 g/mol. The van der Waals surface area contributed by atoms with Gasteiger partial charge in [0.15, 0.2) is 12.0 Å². The van der Waals surface area contributed by atoms with Crippen LogP contribution in [0.25, 0.3) is 0 Å². The molecule has 0 bridgehead atoms. The monoisotopic (exact) mass is 604 g/mol. The number of hydrogen-bond donors (Lipinski definition) is 1. The van der Waals surface area contributed by atoms with E-state index < -0.39 is 48.2 Å². The molecule has 11 nitrogen and oxygen atoms in total. The summed E-state index contributed by atoms with van der Waals surface area (Å²) in [5.74, 6) is -0.445. The van der Waals surface area contributed by atoms with Crippen molar-refractivity contribution in [2.24, 2.45) is 0 Å². The second kappa shape index (κ2) is 12.2. The highest BCUT2D eigenvalue weighted by molar-refractivity contribution is 5.94. The van der Waals surface area contributed by atoms with Crippen LogP contribution in [0.15, 0.2) is 84.9 Å². The number of nitrogens with zero attached hydrogens (tertiary/aromatic N) is 2. The number of carbonyl (C=O) groups is 2. The molecule has 0 aliphatic carbocycles. The van der Waals surface area contributed by atoms with E-state index in [4.69, 9.17) is 28.4 Å². The van der Waals surface area contributed by atoms with Crippen LogP contribution >= 0.6 is 0 Å². The number of aliphatic hydroxyl groups excluding tert-OH is 1. The molecule has 1 N–H and O–H groups in total. The highest BCUT2D eigenvalue weighted by Crippen LogP contribution is 2.51. The van der Waals surface area contributed by atoms with Gasteiger partial charge in [0.2, 0.25) is 5.72 Å². The van der Waals surface area contributed by atoms with Crippen molar-refractivity contribution >= 4 is 12.1 Å². The molecule has 232 valence electrons. The van der Waals surface area contributed by atoms with Crippen molar-refractivity contribution in [3.05, 3.63) is 102 Å². The van der Waals surface area contributed by atoms with E-state index in [1.807, 2.05) is 48.5 Å². The average Bonchev–Trinajstić information content (AvgIpc) is 3.58. The zero-order chi connectivity index (χ0) is 30.9. The van der Waals surface area contributed by atoms with Crippen LogP contribution in [0.4, 0.5) is 9.59 Å². The number of rotatable bonds is 9. The SMILES string of the molecule is COc1ccc(CN2C(=O)N(C(=O)OCc3ccccc3)[C@@]3(O[C@H](COCc4ccccc4)[C@@H]4OC(C)(C)O[C@H]43)C2O)cc1. The van der Waals surface area contributed by atoms with Crippen LogP contribution in [0.3, 0.4) is 0 Å². The normalized spacial score (nSPS) is 27.1. The molecule has 3 aromatic carbocycles. The van der Waals surface area contributed by atoms with E-state index in [2.05, 4.69) is 0 Å². The summed E-state index contributed by atoms with van der Waals surface area (Å²) in [5.41, 5.74) is 0.426. The van der Waals surface area contributed by atoms with Gasteiger partial charge in [-0.1, -0.05) is 72.8 Å². The summed E-state index contributed by atoms with van der Waals surface area (Å²) in [6.07, 6.45) is -5.17. The fourth-order valence-corrected chi connectivity index (χ4v) is 5.95. The molecule has 3 saturated heterocycles. The minimum absolute atomic E-state index is 0.0195. The van der Waals surface area contributed by atoms with Gasteiger partial charge in [-0.3, -0.25) is 4.90 Å². The molecule has 1 spiro atoms. The molecule has 3 aromatic rings. The predicted octanol–water partition coefficient (Wildman–Crippen LogP) is 4.42. The second-order valence-corrected chi connectivity index (χ2v) is 11.4. The number of urea groups is 1. The van der Waals surface area contributed by atoms with Crippen LogP contribution in [0.2, 0.25) is 0 Å². The minimum atomic E-state index is -1.98. The fraction of sp³-hybridized carbons (Fsp3) is 0.394. The first-order chi connectivity index (χ1) is 21.2. The zero-order valence-electron chi connectivity index (χ0n) is 24.8. The number of imide groups is 1. The van der Waals surface area contributed by atoms with Crippen molar-refractivity contribution in [3.63, 3.8) is 0 Å². The Balaban J connectivity index is 1.31. The molecule has 5 atom stereocenters. The summed E-state index contributed by atoms with van der Waals surface area (Å²) in [5, 5.41) is 11.9. The van der Waals surface area contributed by atoms with Gasteiger partial charge in [-0.05, 0) is 42.7 Å². The predicted molar refractivity (Wildman–Crippen MR) is 156 cm³/mol. The number of amides is 3. The maximum Gasteiger partial charge on any atom is 0.421 e. The molecule has 0 saturated carbocycles. The number of aliphatic hydroxyl groups is 1. The number of fused-ring (bicyclic) bond motifs is 2. The van der Waals surface area contributed by atoms with Gasteiger partial charge in [-0.15, -0.1) is 0 Å². The summed E-state index contributed by atoms with van der Waals surface area (Å²) in [6.45, 7) is 3.73. The van der Waals surface area contributed by atoms with Crippen LogP contribution in [0.1, 0.15) is 30.5 Å². The van der Waals surface area contributed by atoms with E-state index in [9.17, 15) is 14.7 Å². The lowest BCUT2D eigenvalue weighted by Gasteiger charge is -2.37. The second-order valence-electron chi connectivity index (χ2n) is 11.4. The summed E-state index contributed by atoms with van der Waals surface area (Å²) in [6, 6.07) is 25.0. The van der Waals surface area contributed by atoms with Crippen LogP contribution in [0, 0.1) is 0 Å². The Morgan fingerprint density at radius 3 is 2.14 bits per heavy atom. The van der Waals surface area contributed by atoms with E-state index in [-0.39, 0.29) is 19.8 Å². The maximum absolute atomic E-state index is 14.1. The van der Waals surface area contributed by atoms with Crippen LogP contribution in [-0.4, -0.2) is 76.8 Å². The molecule has 0 radical (unpaired) electrons. The average molecular weight is 605 g/mol. The first-order valence-electron chi connectivity index (χ1n) is 14.5. The Morgan fingerprint density at radius 2 is 1.50 bits per heavy atom. The number of benzene rings is 3. The Hall–Kier alpha value is -4.00. The van der Waals surface area contributed by atoms with Gasteiger partial charge in [-0.25, -0.2) is 9.59 Å². The number of carbonyl (C=O) groups excluding carboxylic acids is 2. The highest BCUT2D eigenvalue weighted by Gasteiger charge is 2.75. The third kappa shape index (κ3) is 5.64.